The van der Waals surface area contributed by atoms with Gasteiger partial charge < -0.3 is 0 Å². The lowest BCUT2D eigenvalue weighted by Crippen LogP contribution is -1.95. The van der Waals surface area contributed by atoms with Crippen LogP contribution in [0.15, 0.2) is 36.4 Å². The maximum Gasteiger partial charge on any atom is 0.185 e. The molecule has 0 spiro atoms. The van der Waals surface area contributed by atoms with Gasteiger partial charge in [-0.25, -0.2) is 0 Å². The topological polar surface area (TPSA) is 17.1 Å². The van der Waals surface area contributed by atoms with Crippen molar-refractivity contribution in [3.05, 3.63) is 47.5 Å². The minimum atomic E-state index is 0.0900. The second-order valence-corrected chi connectivity index (χ2v) is 3.95. The highest BCUT2D eigenvalue weighted by molar-refractivity contribution is 6.04. The van der Waals surface area contributed by atoms with Gasteiger partial charge in [-0.2, -0.15) is 0 Å². The van der Waals surface area contributed by atoms with Gasteiger partial charge in [0.1, 0.15) is 0 Å². The van der Waals surface area contributed by atoms with Gasteiger partial charge in [-0.15, -0.1) is 0 Å². The third-order valence-electron chi connectivity index (χ3n) is 2.37. The number of rotatable bonds is 4. The van der Waals surface area contributed by atoms with Crippen LogP contribution in [0.25, 0.3) is 0 Å². The summed E-state index contributed by atoms with van der Waals surface area (Å²) in [6, 6.07) is 7.85. The first-order valence-corrected chi connectivity index (χ1v) is 5.46. The number of ketones is 1. The molecule has 0 aromatic heterocycles. The van der Waals surface area contributed by atoms with Gasteiger partial charge in [0.05, 0.1) is 0 Å². The summed E-state index contributed by atoms with van der Waals surface area (Å²) in [6.45, 7) is 6.31. The Hall–Kier alpha value is -1.37. The van der Waals surface area contributed by atoms with Crippen molar-refractivity contribution in [2.45, 2.75) is 33.1 Å². The first-order valence-electron chi connectivity index (χ1n) is 5.46. The third-order valence-corrected chi connectivity index (χ3v) is 2.37. The number of hydrogen-bond donors (Lipinski definition) is 0. The Kier molecular flexibility index (Phi) is 4.29. The molecule has 0 aliphatic carbocycles. The molecule has 0 N–H and O–H groups in total. The molecule has 15 heavy (non-hydrogen) atoms. The van der Waals surface area contributed by atoms with Gasteiger partial charge in [0.2, 0.25) is 0 Å². The molecule has 0 aliphatic heterocycles. The normalized spacial score (nSPS) is 11.2. The van der Waals surface area contributed by atoms with Crippen molar-refractivity contribution in [2.24, 2.45) is 0 Å². The molecule has 0 fully saturated rings. The highest BCUT2D eigenvalue weighted by Gasteiger charge is 2.02. The van der Waals surface area contributed by atoms with Crippen molar-refractivity contribution in [1.82, 2.24) is 0 Å². The van der Waals surface area contributed by atoms with Crippen molar-refractivity contribution < 1.29 is 4.79 Å². The lowest BCUT2D eigenvalue weighted by molar-refractivity contribution is 0.104. The van der Waals surface area contributed by atoms with Crippen molar-refractivity contribution in [2.75, 3.05) is 0 Å². The van der Waals surface area contributed by atoms with E-state index in [2.05, 4.69) is 13.8 Å². The Bertz CT molecular complexity index is 344. The van der Waals surface area contributed by atoms with Crippen LogP contribution >= 0.6 is 0 Å². The smallest absolute Gasteiger partial charge is 0.185 e. The largest absolute Gasteiger partial charge is 0.289 e. The van der Waals surface area contributed by atoms with E-state index in [1.165, 1.54) is 5.56 Å². The molecule has 0 amide bonds. The maximum atomic E-state index is 11.6. The van der Waals surface area contributed by atoms with Crippen LogP contribution < -0.4 is 0 Å². The van der Waals surface area contributed by atoms with E-state index in [0.717, 1.165) is 12.0 Å². The van der Waals surface area contributed by atoms with Gasteiger partial charge >= 0.3 is 0 Å². The van der Waals surface area contributed by atoms with Crippen LogP contribution in [-0.2, 0) is 0 Å². The first-order chi connectivity index (χ1) is 7.15. The zero-order chi connectivity index (χ0) is 11.3. The Balaban J connectivity index is 2.80. The lowest BCUT2D eigenvalue weighted by Gasteiger charge is -2.04. The van der Waals surface area contributed by atoms with E-state index in [1.54, 1.807) is 6.08 Å². The van der Waals surface area contributed by atoms with E-state index in [0.29, 0.717) is 5.92 Å². The molecule has 0 atom stereocenters. The molecular weight excluding hydrogens is 184 g/mol. The maximum absolute atomic E-state index is 11.6. The van der Waals surface area contributed by atoms with Gasteiger partial charge in [0, 0.05) is 5.56 Å². The summed E-state index contributed by atoms with van der Waals surface area (Å²) in [6.07, 6.45) is 4.43. The Morgan fingerprint density at radius 1 is 1.27 bits per heavy atom. The van der Waals surface area contributed by atoms with Crippen LogP contribution in [0.4, 0.5) is 0 Å². The van der Waals surface area contributed by atoms with Crippen LogP contribution in [0.5, 0.6) is 0 Å². The fraction of sp³-hybridized carbons (Fsp3) is 0.357. The quantitative estimate of drug-likeness (QED) is 0.533. The van der Waals surface area contributed by atoms with Gasteiger partial charge in [-0.3, -0.25) is 4.79 Å². The summed E-state index contributed by atoms with van der Waals surface area (Å²) in [5.41, 5.74) is 2.04. The first kappa shape index (κ1) is 11.7. The van der Waals surface area contributed by atoms with Crippen molar-refractivity contribution in [3.63, 3.8) is 0 Å². The molecule has 0 radical (unpaired) electrons. The van der Waals surface area contributed by atoms with Gasteiger partial charge in [0.25, 0.3) is 0 Å². The molecule has 1 heteroatoms. The molecule has 0 heterocycles. The summed E-state index contributed by atoms with van der Waals surface area (Å²) < 4.78 is 0. The van der Waals surface area contributed by atoms with Crippen LogP contribution in [-0.4, -0.2) is 5.78 Å². The number of hydrogen-bond acceptors (Lipinski definition) is 1. The molecule has 1 rings (SSSR count). The van der Waals surface area contributed by atoms with Crippen LogP contribution in [0, 0.1) is 0 Å². The molecule has 0 saturated heterocycles. The van der Waals surface area contributed by atoms with E-state index >= 15 is 0 Å². The summed E-state index contributed by atoms with van der Waals surface area (Å²) in [7, 11) is 0. The number of allylic oxidation sites excluding steroid dienone is 2. The standard InChI is InChI=1S/C14H18O/c1-4-5-6-14(15)13-9-7-12(8-10-13)11(2)3/h5-11H,4H2,1-3H3/b6-5+. The fourth-order valence-electron chi connectivity index (χ4n) is 1.35. The predicted octanol–water partition coefficient (Wildman–Crippen LogP) is 3.96. The average molecular weight is 202 g/mol. The molecule has 1 nitrogen and oxygen atoms in total. The molecule has 1 aromatic rings. The SMILES string of the molecule is CC/C=C/C(=O)c1ccc(C(C)C)cc1. The van der Waals surface area contributed by atoms with Crippen molar-refractivity contribution in [3.8, 4) is 0 Å². The molecule has 0 saturated carbocycles. The van der Waals surface area contributed by atoms with E-state index in [1.807, 2.05) is 37.3 Å². The third kappa shape index (κ3) is 3.35. The Morgan fingerprint density at radius 2 is 1.87 bits per heavy atom. The minimum Gasteiger partial charge on any atom is -0.289 e. The van der Waals surface area contributed by atoms with Crippen molar-refractivity contribution >= 4 is 5.78 Å². The lowest BCUT2D eigenvalue weighted by atomic mass is 10.0. The van der Waals surface area contributed by atoms with Gasteiger partial charge in [-0.1, -0.05) is 51.1 Å². The highest BCUT2D eigenvalue weighted by Crippen LogP contribution is 2.15. The van der Waals surface area contributed by atoms with Crippen molar-refractivity contribution in [1.29, 1.82) is 0 Å². The van der Waals surface area contributed by atoms with Gasteiger partial charge in [0.15, 0.2) is 5.78 Å². The fourth-order valence-corrected chi connectivity index (χ4v) is 1.35. The Morgan fingerprint density at radius 3 is 2.33 bits per heavy atom. The minimum absolute atomic E-state index is 0.0900. The van der Waals surface area contributed by atoms with Crippen LogP contribution in [0.3, 0.4) is 0 Å². The van der Waals surface area contributed by atoms with E-state index in [4.69, 9.17) is 0 Å². The summed E-state index contributed by atoms with van der Waals surface area (Å²) >= 11 is 0. The average Bonchev–Trinajstić information content (AvgIpc) is 2.26. The zero-order valence-corrected chi connectivity index (χ0v) is 9.66. The molecule has 0 aliphatic rings. The number of carbonyl (C=O) groups excluding carboxylic acids is 1. The zero-order valence-electron chi connectivity index (χ0n) is 9.66. The summed E-state index contributed by atoms with van der Waals surface area (Å²) in [5.74, 6) is 0.604. The van der Waals surface area contributed by atoms with Gasteiger partial charge in [-0.05, 0) is 24.0 Å². The predicted molar refractivity (Wildman–Crippen MR) is 64.3 cm³/mol. The molecule has 1 aromatic carbocycles. The second-order valence-electron chi connectivity index (χ2n) is 3.95. The van der Waals surface area contributed by atoms with Crippen LogP contribution in [0.2, 0.25) is 0 Å². The molecule has 0 unspecified atom stereocenters. The molecule has 80 valence electrons. The van der Waals surface area contributed by atoms with E-state index in [9.17, 15) is 4.79 Å². The number of benzene rings is 1. The summed E-state index contributed by atoms with van der Waals surface area (Å²) in [4.78, 5) is 11.6. The number of carbonyl (C=O) groups is 1. The highest BCUT2D eigenvalue weighted by atomic mass is 16.1. The van der Waals surface area contributed by atoms with E-state index in [-0.39, 0.29) is 5.78 Å². The van der Waals surface area contributed by atoms with E-state index < -0.39 is 0 Å². The Labute approximate surface area is 91.8 Å². The van der Waals surface area contributed by atoms with Crippen LogP contribution in [0.1, 0.15) is 49.0 Å². The second kappa shape index (κ2) is 5.50. The molecule has 0 bridgehead atoms. The summed E-state index contributed by atoms with van der Waals surface area (Å²) in [5, 5.41) is 0. The monoisotopic (exact) mass is 202 g/mol. The molecular formula is C14H18O.